The van der Waals surface area contributed by atoms with Crippen LogP contribution < -0.4 is 0 Å². The molecular formula is C16H8ClN3. The molecule has 0 saturated heterocycles. The lowest BCUT2D eigenvalue weighted by Crippen LogP contribution is -2.11. The van der Waals surface area contributed by atoms with Crippen LogP contribution in [0.5, 0.6) is 0 Å². The van der Waals surface area contributed by atoms with Gasteiger partial charge in [-0.3, -0.25) is 0 Å². The molecular weight excluding hydrogens is 270 g/mol. The second kappa shape index (κ2) is 4.49. The number of benzene rings is 1. The van der Waals surface area contributed by atoms with E-state index in [1.807, 2.05) is 18.2 Å². The third-order valence-corrected chi connectivity index (χ3v) is 3.76. The number of rotatable bonds is 1. The Morgan fingerprint density at radius 3 is 2.35 bits per heavy atom. The molecule has 2 aliphatic rings. The Balaban J connectivity index is 2.13. The summed E-state index contributed by atoms with van der Waals surface area (Å²) in [5.74, 6) is -0.305. The first-order chi connectivity index (χ1) is 9.65. The highest BCUT2D eigenvalue weighted by molar-refractivity contribution is 6.30. The van der Waals surface area contributed by atoms with Gasteiger partial charge in [0.1, 0.15) is 6.07 Å². The van der Waals surface area contributed by atoms with Gasteiger partial charge in [-0.25, -0.2) is 0 Å². The Bertz CT molecular complexity index is 796. The molecule has 2 aliphatic carbocycles. The summed E-state index contributed by atoms with van der Waals surface area (Å²) in [6, 6.07) is 11.4. The van der Waals surface area contributed by atoms with Gasteiger partial charge in [-0.05, 0) is 41.0 Å². The first kappa shape index (κ1) is 12.4. The zero-order valence-corrected chi connectivity index (χ0v) is 11.1. The standard InChI is InChI=1S/C16H8ClN3/c17-13-3-1-9(2-4-13)14-11(7-18)5-10-6-12(8-19)16(20)15(10)14/h1-6,15,20H. The molecule has 4 heteroatoms. The second-order valence-corrected chi connectivity index (χ2v) is 5.04. The highest BCUT2D eigenvalue weighted by atomic mass is 35.5. The van der Waals surface area contributed by atoms with Crippen molar-refractivity contribution in [2.45, 2.75) is 0 Å². The Labute approximate surface area is 121 Å². The van der Waals surface area contributed by atoms with Gasteiger partial charge in [-0.1, -0.05) is 23.7 Å². The van der Waals surface area contributed by atoms with Crippen LogP contribution in [-0.4, -0.2) is 5.71 Å². The van der Waals surface area contributed by atoms with E-state index < -0.39 is 0 Å². The van der Waals surface area contributed by atoms with Crippen LogP contribution in [0.1, 0.15) is 5.56 Å². The molecule has 3 nitrogen and oxygen atoms in total. The van der Waals surface area contributed by atoms with Gasteiger partial charge in [0, 0.05) is 5.02 Å². The van der Waals surface area contributed by atoms with Gasteiger partial charge in [0.05, 0.1) is 28.8 Å². The van der Waals surface area contributed by atoms with Crippen molar-refractivity contribution in [1.82, 2.24) is 0 Å². The summed E-state index contributed by atoms with van der Waals surface area (Å²) in [7, 11) is 0. The van der Waals surface area contributed by atoms with Crippen LogP contribution in [0.25, 0.3) is 5.57 Å². The van der Waals surface area contributed by atoms with Crippen molar-refractivity contribution in [2.24, 2.45) is 5.92 Å². The smallest absolute Gasteiger partial charge is 0.101 e. The fraction of sp³-hybridized carbons (Fsp3) is 0.0625. The first-order valence-corrected chi connectivity index (χ1v) is 6.36. The molecule has 0 spiro atoms. The van der Waals surface area contributed by atoms with Crippen LogP contribution >= 0.6 is 11.6 Å². The lowest BCUT2D eigenvalue weighted by atomic mass is 9.88. The lowest BCUT2D eigenvalue weighted by molar-refractivity contribution is 1.13. The predicted molar refractivity (Wildman–Crippen MR) is 77.0 cm³/mol. The van der Waals surface area contributed by atoms with E-state index in [4.69, 9.17) is 22.3 Å². The summed E-state index contributed by atoms with van der Waals surface area (Å²) >= 11 is 5.88. The minimum atomic E-state index is -0.305. The molecule has 0 radical (unpaired) electrons. The molecule has 0 amide bonds. The van der Waals surface area contributed by atoms with E-state index in [0.29, 0.717) is 16.2 Å². The molecule has 0 saturated carbocycles. The Morgan fingerprint density at radius 2 is 1.75 bits per heavy atom. The summed E-state index contributed by atoms with van der Waals surface area (Å²) in [6.07, 6.45) is 3.45. The van der Waals surface area contributed by atoms with Crippen LogP contribution in [0.3, 0.4) is 0 Å². The molecule has 1 N–H and O–H groups in total. The van der Waals surface area contributed by atoms with E-state index in [2.05, 4.69) is 6.07 Å². The van der Waals surface area contributed by atoms with E-state index >= 15 is 0 Å². The van der Waals surface area contributed by atoms with Gasteiger partial charge in [0.15, 0.2) is 0 Å². The quantitative estimate of drug-likeness (QED) is 0.851. The zero-order chi connectivity index (χ0) is 14.3. The fourth-order valence-corrected chi connectivity index (χ4v) is 2.75. The molecule has 0 fully saturated rings. The van der Waals surface area contributed by atoms with Gasteiger partial charge >= 0.3 is 0 Å². The number of allylic oxidation sites excluding steroid dienone is 6. The van der Waals surface area contributed by atoms with Crippen LogP contribution in [0.4, 0.5) is 0 Å². The van der Waals surface area contributed by atoms with Crippen molar-refractivity contribution in [3.8, 4) is 12.1 Å². The van der Waals surface area contributed by atoms with Crippen molar-refractivity contribution in [1.29, 1.82) is 15.9 Å². The van der Waals surface area contributed by atoms with E-state index in [1.54, 1.807) is 24.3 Å². The molecule has 0 bridgehead atoms. The average Bonchev–Trinajstić information content (AvgIpc) is 2.96. The average molecular weight is 278 g/mol. The number of nitrogens with one attached hydrogen (secondary N) is 1. The van der Waals surface area contributed by atoms with Crippen molar-refractivity contribution >= 4 is 22.9 Å². The number of nitrogens with zero attached hydrogens (tertiary/aromatic N) is 2. The predicted octanol–water partition coefficient (Wildman–Crippen LogP) is 3.66. The summed E-state index contributed by atoms with van der Waals surface area (Å²) < 4.78 is 0. The van der Waals surface area contributed by atoms with E-state index in [-0.39, 0.29) is 11.6 Å². The molecule has 1 atom stereocenters. The second-order valence-electron chi connectivity index (χ2n) is 4.61. The Kier molecular flexibility index (Phi) is 2.79. The van der Waals surface area contributed by atoms with Gasteiger partial charge in [0.2, 0.25) is 0 Å². The molecule has 94 valence electrons. The highest BCUT2D eigenvalue weighted by Crippen LogP contribution is 2.44. The number of fused-ring (bicyclic) bond motifs is 1. The van der Waals surface area contributed by atoms with Crippen molar-refractivity contribution in [2.75, 3.05) is 0 Å². The number of hydrogen-bond donors (Lipinski definition) is 1. The van der Waals surface area contributed by atoms with Crippen LogP contribution in [0.15, 0.2) is 53.1 Å². The molecule has 3 rings (SSSR count). The maximum Gasteiger partial charge on any atom is 0.101 e. The number of nitriles is 2. The van der Waals surface area contributed by atoms with E-state index in [0.717, 1.165) is 16.7 Å². The van der Waals surface area contributed by atoms with Crippen molar-refractivity contribution < 1.29 is 0 Å². The maximum atomic E-state index is 9.28. The highest BCUT2D eigenvalue weighted by Gasteiger charge is 2.37. The van der Waals surface area contributed by atoms with Gasteiger partial charge in [0.25, 0.3) is 0 Å². The molecule has 1 unspecified atom stereocenters. The fourth-order valence-electron chi connectivity index (χ4n) is 2.62. The molecule has 0 aliphatic heterocycles. The minimum absolute atomic E-state index is 0.258. The van der Waals surface area contributed by atoms with Gasteiger partial charge < -0.3 is 5.41 Å². The minimum Gasteiger partial charge on any atom is -0.303 e. The summed E-state index contributed by atoms with van der Waals surface area (Å²) in [4.78, 5) is 0. The third kappa shape index (κ3) is 1.69. The zero-order valence-electron chi connectivity index (χ0n) is 10.3. The third-order valence-electron chi connectivity index (χ3n) is 3.51. The van der Waals surface area contributed by atoms with Gasteiger partial charge in [-0.15, -0.1) is 0 Å². The maximum absolute atomic E-state index is 9.28. The van der Waals surface area contributed by atoms with Crippen molar-refractivity contribution in [3.63, 3.8) is 0 Å². The van der Waals surface area contributed by atoms with Crippen LogP contribution in [-0.2, 0) is 0 Å². The van der Waals surface area contributed by atoms with Crippen molar-refractivity contribution in [3.05, 3.63) is 63.7 Å². The summed E-state index contributed by atoms with van der Waals surface area (Å²) in [6.45, 7) is 0. The number of halogens is 1. The molecule has 1 aromatic carbocycles. The Morgan fingerprint density at radius 1 is 1.05 bits per heavy atom. The van der Waals surface area contributed by atoms with Crippen LogP contribution in [0, 0.1) is 34.0 Å². The Hall–Kier alpha value is -2.62. The summed E-state index contributed by atoms with van der Waals surface area (Å²) in [5.41, 5.74) is 3.65. The van der Waals surface area contributed by atoms with E-state index in [9.17, 15) is 5.26 Å². The molecule has 20 heavy (non-hydrogen) atoms. The van der Waals surface area contributed by atoms with Gasteiger partial charge in [-0.2, -0.15) is 10.5 Å². The SMILES string of the molecule is N#CC1=CC2=CC(C#N)=C(c3ccc(Cl)cc3)C2C1=N. The topological polar surface area (TPSA) is 71.4 Å². The number of hydrogen-bond acceptors (Lipinski definition) is 3. The molecule has 1 aromatic rings. The van der Waals surface area contributed by atoms with E-state index in [1.165, 1.54) is 0 Å². The lowest BCUT2D eigenvalue weighted by Gasteiger charge is -2.14. The van der Waals surface area contributed by atoms with Crippen LogP contribution in [0.2, 0.25) is 5.02 Å². The first-order valence-electron chi connectivity index (χ1n) is 5.98. The summed E-state index contributed by atoms with van der Waals surface area (Å²) in [5, 5.41) is 27.0. The normalized spacial score (nSPS) is 20.1. The molecule has 0 heterocycles. The molecule has 0 aromatic heterocycles. The largest absolute Gasteiger partial charge is 0.303 e. The monoisotopic (exact) mass is 277 g/mol.